The summed E-state index contributed by atoms with van der Waals surface area (Å²) in [5.74, 6) is -3.68. The molecule has 3 rings (SSSR count). The van der Waals surface area contributed by atoms with E-state index in [4.69, 9.17) is 9.90 Å². The molecule has 0 saturated carbocycles. The Balaban J connectivity index is 0.000000782. The molecule has 0 amide bonds. The van der Waals surface area contributed by atoms with Crippen molar-refractivity contribution in [3.8, 4) is 0 Å². The van der Waals surface area contributed by atoms with Crippen LogP contribution in [0.15, 0.2) is 29.3 Å². The highest BCUT2D eigenvalue weighted by Crippen LogP contribution is 2.26. The number of pyridine rings is 1. The summed E-state index contributed by atoms with van der Waals surface area (Å²) in [6.07, 6.45) is -3.06. The second-order valence-corrected chi connectivity index (χ2v) is 11.3. The van der Waals surface area contributed by atoms with E-state index >= 15 is 0 Å². The zero-order valence-corrected chi connectivity index (χ0v) is 25.1. The summed E-state index contributed by atoms with van der Waals surface area (Å²) >= 11 is 0. The third kappa shape index (κ3) is 8.21. The molecule has 0 aliphatic rings. The number of benzene rings is 1. The van der Waals surface area contributed by atoms with Gasteiger partial charge in [-0.25, -0.2) is 23.0 Å². The minimum absolute atomic E-state index is 0.0813. The number of hydrogen-bond acceptors (Lipinski definition) is 7. The number of sulfonamides is 1. The Morgan fingerprint density at radius 1 is 1.02 bits per heavy atom. The van der Waals surface area contributed by atoms with Gasteiger partial charge in [0, 0.05) is 25.8 Å². The number of carboxylic acids is 2. The zero-order valence-electron chi connectivity index (χ0n) is 24.3. The fourth-order valence-corrected chi connectivity index (χ4v) is 5.54. The van der Waals surface area contributed by atoms with Crippen LogP contribution in [-0.4, -0.2) is 65.1 Å². The molecule has 3 aromatic rings. The lowest BCUT2D eigenvalue weighted by Gasteiger charge is -2.21. The summed E-state index contributed by atoms with van der Waals surface area (Å²) in [6, 6.07) is 4.74. The zero-order chi connectivity index (χ0) is 32.2. The van der Waals surface area contributed by atoms with Gasteiger partial charge >= 0.3 is 18.1 Å². The Kier molecular flexibility index (Phi) is 10.7. The molecule has 0 radical (unpaired) electrons. The van der Waals surface area contributed by atoms with Crippen molar-refractivity contribution in [2.75, 3.05) is 23.2 Å². The predicted molar refractivity (Wildman–Crippen MR) is 151 cm³/mol. The minimum atomic E-state index is -5.08. The molecule has 2 aromatic heterocycles. The number of aromatic nitrogens is 3. The number of aliphatic carboxylic acids is 1. The van der Waals surface area contributed by atoms with E-state index in [9.17, 15) is 31.5 Å². The molecule has 0 aliphatic heterocycles. The van der Waals surface area contributed by atoms with E-state index < -0.39 is 28.1 Å². The van der Waals surface area contributed by atoms with Gasteiger partial charge in [-0.3, -0.25) is 9.40 Å². The molecule has 0 saturated heterocycles. The minimum Gasteiger partial charge on any atom is -0.478 e. The molecule has 2 heterocycles. The Morgan fingerprint density at radius 2 is 1.60 bits per heavy atom. The molecule has 3 N–H and O–H groups in total. The number of alkyl halides is 3. The van der Waals surface area contributed by atoms with E-state index in [1.165, 1.54) is 12.3 Å². The van der Waals surface area contributed by atoms with Crippen LogP contribution in [0.4, 0.5) is 24.7 Å². The first-order valence-corrected chi connectivity index (χ1v) is 14.2. The molecule has 0 bridgehead atoms. The summed E-state index contributed by atoms with van der Waals surface area (Å²) < 4.78 is 62.2. The molecule has 0 aliphatic carbocycles. The largest absolute Gasteiger partial charge is 0.490 e. The van der Waals surface area contributed by atoms with E-state index in [0.717, 1.165) is 34.6 Å². The molecule has 15 heteroatoms. The van der Waals surface area contributed by atoms with Crippen molar-refractivity contribution in [2.45, 2.75) is 65.6 Å². The molecular formula is C27H34F3N5O6S. The molecule has 11 nitrogen and oxygen atoms in total. The third-order valence-electron chi connectivity index (χ3n) is 6.56. The van der Waals surface area contributed by atoms with Gasteiger partial charge in [0.15, 0.2) is 0 Å². The molecule has 1 aromatic carbocycles. The smallest absolute Gasteiger partial charge is 0.478 e. The highest BCUT2D eigenvalue weighted by atomic mass is 32.2. The van der Waals surface area contributed by atoms with Crippen LogP contribution in [0, 0.1) is 34.6 Å². The monoisotopic (exact) mass is 613 g/mol. The average molecular weight is 614 g/mol. The lowest BCUT2D eigenvalue weighted by atomic mass is 10.1. The number of rotatable bonds is 9. The van der Waals surface area contributed by atoms with Crippen LogP contribution in [0.25, 0.3) is 0 Å². The van der Waals surface area contributed by atoms with Crippen LogP contribution in [-0.2, 0) is 27.8 Å². The number of aryl methyl sites for hydroxylation is 5. The second-order valence-electron chi connectivity index (χ2n) is 9.65. The van der Waals surface area contributed by atoms with Crippen LogP contribution in [0.3, 0.4) is 0 Å². The fourth-order valence-electron chi connectivity index (χ4n) is 4.20. The number of nitrogens with zero attached hydrogens (tertiary/aromatic N) is 4. The van der Waals surface area contributed by atoms with Gasteiger partial charge in [-0.15, -0.1) is 0 Å². The standard InChI is InChI=1S/C25H33N5O4S.C2HF3O2/c1-8-30-19(6)21(18(5)27-30)9-10-29(7)24-22(25(31)32)13-20(14-26-24)28-35(33,34)23-12-16(3)15(2)11-17(23)4;3-2(4,5)1(6)7/h11-14,28H,8-10H2,1-7H3,(H,31,32);(H,6,7). The second kappa shape index (κ2) is 13.2. The Hall–Kier alpha value is -4.14. The maximum atomic E-state index is 13.0. The lowest BCUT2D eigenvalue weighted by molar-refractivity contribution is -0.192. The molecular weight excluding hydrogens is 579 g/mol. The van der Waals surface area contributed by atoms with Gasteiger partial charge in [-0.2, -0.15) is 18.3 Å². The topological polar surface area (TPSA) is 155 Å². The number of likely N-dealkylation sites (N-methyl/N-ethyl adjacent to an activating group) is 1. The Morgan fingerprint density at radius 3 is 2.10 bits per heavy atom. The molecule has 0 unspecified atom stereocenters. The van der Waals surface area contributed by atoms with Crippen molar-refractivity contribution in [2.24, 2.45) is 0 Å². The summed E-state index contributed by atoms with van der Waals surface area (Å²) in [6.45, 7) is 12.8. The van der Waals surface area contributed by atoms with E-state index in [2.05, 4.69) is 14.8 Å². The van der Waals surface area contributed by atoms with Crippen molar-refractivity contribution < 1.29 is 41.4 Å². The van der Waals surface area contributed by atoms with Gasteiger partial charge in [0.25, 0.3) is 10.0 Å². The van der Waals surface area contributed by atoms with Crippen molar-refractivity contribution in [1.82, 2.24) is 14.8 Å². The van der Waals surface area contributed by atoms with Gasteiger partial charge < -0.3 is 15.1 Å². The van der Waals surface area contributed by atoms with Gasteiger partial charge in [-0.1, -0.05) is 6.07 Å². The Bertz CT molecular complexity index is 1590. The highest BCUT2D eigenvalue weighted by molar-refractivity contribution is 7.92. The fraction of sp³-hybridized carbons (Fsp3) is 0.407. The van der Waals surface area contributed by atoms with Crippen molar-refractivity contribution in [3.05, 3.63) is 63.6 Å². The maximum absolute atomic E-state index is 13.0. The molecule has 230 valence electrons. The SMILES string of the molecule is CCn1nc(C)c(CCN(C)c2ncc(NS(=O)(=O)c3cc(C)c(C)cc3C)cc2C(=O)O)c1C.O=C(O)C(F)(F)F. The summed E-state index contributed by atoms with van der Waals surface area (Å²) in [7, 11) is -2.15. The van der Waals surface area contributed by atoms with E-state index in [1.807, 2.05) is 45.4 Å². The molecule has 0 fully saturated rings. The van der Waals surface area contributed by atoms with Crippen LogP contribution in [0.5, 0.6) is 0 Å². The first-order chi connectivity index (χ1) is 19.3. The first kappa shape index (κ1) is 34.1. The van der Waals surface area contributed by atoms with Gasteiger partial charge in [-0.05, 0) is 82.3 Å². The first-order valence-electron chi connectivity index (χ1n) is 12.7. The van der Waals surface area contributed by atoms with Gasteiger partial charge in [0.1, 0.15) is 11.4 Å². The van der Waals surface area contributed by atoms with Crippen LogP contribution in [0.2, 0.25) is 0 Å². The third-order valence-corrected chi connectivity index (χ3v) is 8.09. The number of anilines is 2. The van der Waals surface area contributed by atoms with Gasteiger partial charge in [0.2, 0.25) is 0 Å². The Labute approximate surface area is 242 Å². The van der Waals surface area contributed by atoms with Crippen molar-refractivity contribution >= 4 is 33.5 Å². The molecule has 0 spiro atoms. The number of halogens is 3. The summed E-state index contributed by atoms with van der Waals surface area (Å²) in [5.41, 5.74) is 5.65. The van der Waals surface area contributed by atoms with Crippen LogP contribution >= 0.6 is 0 Å². The van der Waals surface area contributed by atoms with E-state index in [-0.39, 0.29) is 22.0 Å². The van der Waals surface area contributed by atoms with E-state index in [0.29, 0.717) is 18.5 Å². The summed E-state index contributed by atoms with van der Waals surface area (Å²) in [4.78, 5) is 27.1. The van der Waals surface area contributed by atoms with Crippen molar-refractivity contribution in [1.29, 1.82) is 0 Å². The van der Waals surface area contributed by atoms with Gasteiger partial charge in [0.05, 0.1) is 22.5 Å². The van der Waals surface area contributed by atoms with Crippen molar-refractivity contribution in [3.63, 3.8) is 0 Å². The quantitative estimate of drug-likeness (QED) is 0.313. The van der Waals surface area contributed by atoms with Crippen LogP contribution < -0.4 is 9.62 Å². The molecule has 0 atom stereocenters. The number of carboxylic acid groups (broad SMARTS) is 2. The summed E-state index contributed by atoms with van der Waals surface area (Å²) in [5, 5.41) is 21.5. The number of carbonyl (C=O) groups is 2. The average Bonchev–Trinajstić information content (AvgIpc) is 3.16. The normalized spacial score (nSPS) is 11.5. The lowest BCUT2D eigenvalue weighted by Crippen LogP contribution is -2.24. The number of nitrogens with one attached hydrogen (secondary N) is 1. The number of aromatic carboxylic acids is 1. The predicted octanol–water partition coefficient (Wildman–Crippen LogP) is 4.65. The highest BCUT2D eigenvalue weighted by Gasteiger charge is 2.38. The molecule has 42 heavy (non-hydrogen) atoms. The van der Waals surface area contributed by atoms with Crippen LogP contribution in [0.1, 0.15) is 50.9 Å². The number of hydrogen-bond donors (Lipinski definition) is 3. The maximum Gasteiger partial charge on any atom is 0.490 e. The van der Waals surface area contributed by atoms with E-state index in [1.54, 1.807) is 24.9 Å².